The van der Waals surface area contributed by atoms with E-state index in [-0.39, 0.29) is 17.6 Å². The number of aliphatic carboxylic acids is 2. The number of likely N-dealkylation sites (tertiary alicyclic amines) is 1. The number of amides is 1. The summed E-state index contributed by atoms with van der Waals surface area (Å²) in [5.74, 6) is -5.53. The van der Waals surface area contributed by atoms with Gasteiger partial charge in [0.1, 0.15) is 5.69 Å². The van der Waals surface area contributed by atoms with Gasteiger partial charge >= 0.3 is 24.3 Å². The molecule has 2 aromatic rings. The highest BCUT2D eigenvalue weighted by molar-refractivity contribution is 5.92. The molecule has 0 bridgehead atoms. The molecule has 2 saturated heterocycles. The SMILES string of the molecule is O=C(O)C(F)(F)F.O=C(O)C(F)(F)F.O=C(c1ccccn1)N1CCC[C@]2(C[C@H](OCc3cccnc3)CO2)C1. The number of hydrogen-bond acceptors (Lipinski definition) is 7. The topological polar surface area (TPSA) is 139 Å². The van der Waals surface area contributed by atoms with Crippen LogP contribution in [0.4, 0.5) is 26.3 Å². The minimum Gasteiger partial charge on any atom is -0.475 e. The molecule has 0 radical (unpaired) electrons. The molecule has 40 heavy (non-hydrogen) atoms. The molecule has 0 saturated carbocycles. The van der Waals surface area contributed by atoms with Crippen molar-refractivity contribution in [1.29, 1.82) is 0 Å². The first kappa shape index (κ1) is 32.4. The number of aromatic nitrogens is 2. The highest BCUT2D eigenvalue weighted by atomic mass is 19.4. The van der Waals surface area contributed by atoms with E-state index in [1.165, 1.54) is 0 Å². The standard InChI is InChI=1S/C20H23N3O3.2C2HF3O2/c24-19(18-6-1-2-9-22-18)23-10-4-7-20(15-23)11-17(14-26-20)25-13-16-5-3-8-21-12-16;2*3-2(4,5)1(6)7/h1-3,5-6,8-9,12,17H,4,7,10-11,13-15H2;2*(H,6,7)/t17-,20-;;/m0../s1. The van der Waals surface area contributed by atoms with Crippen LogP contribution in [0.15, 0.2) is 48.9 Å². The third-order valence-electron chi connectivity index (χ3n) is 5.58. The van der Waals surface area contributed by atoms with E-state index in [0.717, 1.165) is 31.4 Å². The number of hydrogen-bond donors (Lipinski definition) is 2. The zero-order valence-electron chi connectivity index (χ0n) is 20.7. The van der Waals surface area contributed by atoms with Crippen molar-refractivity contribution in [2.45, 2.75) is 49.9 Å². The average molecular weight is 581 g/mol. The number of pyridine rings is 2. The quantitative estimate of drug-likeness (QED) is 0.517. The van der Waals surface area contributed by atoms with Gasteiger partial charge in [-0.3, -0.25) is 14.8 Å². The number of alkyl halides is 6. The summed E-state index contributed by atoms with van der Waals surface area (Å²) < 4.78 is 75.6. The molecule has 0 aromatic carbocycles. The van der Waals surface area contributed by atoms with Crippen molar-refractivity contribution in [2.24, 2.45) is 0 Å². The lowest BCUT2D eigenvalue weighted by Crippen LogP contribution is -2.50. The van der Waals surface area contributed by atoms with Crippen molar-refractivity contribution in [3.05, 3.63) is 60.2 Å². The number of carbonyl (C=O) groups is 3. The molecule has 0 aliphatic carbocycles. The monoisotopic (exact) mass is 581 g/mol. The normalized spacial score (nSPS) is 20.6. The van der Waals surface area contributed by atoms with Gasteiger partial charge in [-0.2, -0.15) is 26.3 Å². The van der Waals surface area contributed by atoms with E-state index in [1.54, 1.807) is 18.5 Å². The molecule has 220 valence electrons. The molecule has 2 fully saturated rings. The molecule has 2 aromatic heterocycles. The van der Waals surface area contributed by atoms with E-state index in [2.05, 4.69) is 9.97 Å². The maximum Gasteiger partial charge on any atom is 0.490 e. The summed E-state index contributed by atoms with van der Waals surface area (Å²) in [6, 6.07) is 9.34. The number of halogens is 6. The second-order valence-corrected chi connectivity index (χ2v) is 8.64. The van der Waals surface area contributed by atoms with E-state index < -0.39 is 24.3 Å². The Morgan fingerprint density at radius 3 is 2.20 bits per heavy atom. The van der Waals surface area contributed by atoms with E-state index in [0.29, 0.717) is 25.5 Å². The van der Waals surface area contributed by atoms with Crippen molar-refractivity contribution in [2.75, 3.05) is 19.7 Å². The second kappa shape index (κ2) is 14.0. The van der Waals surface area contributed by atoms with Crippen LogP contribution in [0.1, 0.15) is 35.3 Å². The van der Waals surface area contributed by atoms with Crippen molar-refractivity contribution >= 4 is 17.8 Å². The fourth-order valence-corrected chi connectivity index (χ4v) is 3.81. The number of carbonyl (C=O) groups excluding carboxylic acids is 1. The fraction of sp³-hybridized carbons (Fsp3) is 0.458. The van der Waals surface area contributed by atoms with Crippen molar-refractivity contribution in [3.63, 3.8) is 0 Å². The van der Waals surface area contributed by atoms with Crippen LogP contribution in [0, 0.1) is 0 Å². The summed E-state index contributed by atoms with van der Waals surface area (Å²) in [6.45, 7) is 2.47. The second-order valence-electron chi connectivity index (χ2n) is 8.64. The van der Waals surface area contributed by atoms with Crippen LogP contribution in [0.25, 0.3) is 0 Å². The number of carboxylic acid groups (broad SMARTS) is 2. The van der Waals surface area contributed by atoms with Crippen LogP contribution in [-0.4, -0.2) is 86.7 Å². The molecule has 4 heterocycles. The number of carboxylic acids is 2. The third kappa shape index (κ3) is 10.4. The first-order valence-corrected chi connectivity index (χ1v) is 11.6. The van der Waals surface area contributed by atoms with Gasteiger partial charge in [0.25, 0.3) is 5.91 Å². The maximum atomic E-state index is 12.7. The molecule has 16 heteroatoms. The zero-order chi connectivity index (χ0) is 30.0. The average Bonchev–Trinajstić information content (AvgIpc) is 3.29. The first-order chi connectivity index (χ1) is 18.6. The molecule has 10 nitrogen and oxygen atoms in total. The van der Waals surface area contributed by atoms with Gasteiger partial charge in [0.2, 0.25) is 0 Å². The van der Waals surface area contributed by atoms with E-state index >= 15 is 0 Å². The van der Waals surface area contributed by atoms with Crippen LogP contribution in [0.5, 0.6) is 0 Å². The van der Waals surface area contributed by atoms with Crippen LogP contribution < -0.4 is 0 Å². The Hall–Kier alpha value is -3.79. The minimum atomic E-state index is -5.08. The minimum absolute atomic E-state index is 0.0204. The number of piperidine rings is 1. The lowest BCUT2D eigenvalue weighted by molar-refractivity contribution is -0.193. The molecule has 2 atom stereocenters. The lowest BCUT2D eigenvalue weighted by Gasteiger charge is -2.39. The molecule has 1 spiro atoms. The first-order valence-electron chi connectivity index (χ1n) is 11.6. The number of rotatable bonds is 4. The molecule has 2 aliphatic rings. The molecule has 1 amide bonds. The Balaban J connectivity index is 0.000000333. The molecule has 0 unspecified atom stereocenters. The van der Waals surface area contributed by atoms with Gasteiger partial charge in [-0.25, -0.2) is 9.59 Å². The summed E-state index contributed by atoms with van der Waals surface area (Å²) in [4.78, 5) is 40.7. The van der Waals surface area contributed by atoms with Gasteiger partial charge in [-0.15, -0.1) is 0 Å². The largest absolute Gasteiger partial charge is 0.490 e. The Morgan fingerprint density at radius 1 is 1.02 bits per heavy atom. The van der Waals surface area contributed by atoms with Gasteiger partial charge in [0, 0.05) is 31.6 Å². The lowest BCUT2D eigenvalue weighted by atomic mass is 9.89. The fourth-order valence-electron chi connectivity index (χ4n) is 3.81. The van der Waals surface area contributed by atoms with E-state index in [1.807, 2.05) is 35.4 Å². The summed E-state index contributed by atoms with van der Waals surface area (Å²) in [5, 5.41) is 14.2. The molecule has 4 rings (SSSR count). The predicted molar refractivity (Wildman–Crippen MR) is 123 cm³/mol. The summed E-state index contributed by atoms with van der Waals surface area (Å²) in [5.41, 5.74) is 1.26. The van der Waals surface area contributed by atoms with Gasteiger partial charge in [-0.1, -0.05) is 12.1 Å². The molecular formula is C24H25F6N3O7. The van der Waals surface area contributed by atoms with Gasteiger partial charge in [0.05, 0.1) is 31.5 Å². The van der Waals surface area contributed by atoms with Crippen LogP contribution in [0.3, 0.4) is 0 Å². The highest BCUT2D eigenvalue weighted by Gasteiger charge is 2.45. The molecule has 2 aliphatic heterocycles. The van der Waals surface area contributed by atoms with E-state index in [9.17, 15) is 31.1 Å². The Kier molecular flexibility index (Phi) is 11.4. The molecular weight excluding hydrogens is 556 g/mol. The zero-order valence-corrected chi connectivity index (χ0v) is 20.7. The highest BCUT2D eigenvalue weighted by Crippen LogP contribution is 2.36. The Labute approximate surface area is 223 Å². The number of nitrogens with zero attached hydrogens (tertiary/aromatic N) is 3. The molecule has 2 N–H and O–H groups in total. The van der Waals surface area contributed by atoms with Crippen molar-refractivity contribution < 1.29 is 60.4 Å². The van der Waals surface area contributed by atoms with Gasteiger partial charge in [-0.05, 0) is 36.6 Å². The van der Waals surface area contributed by atoms with Crippen LogP contribution in [0.2, 0.25) is 0 Å². The summed E-state index contributed by atoms with van der Waals surface area (Å²) in [6.07, 6.45) is -2.16. The summed E-state index contributed by atoms with van der Waals surface area (Å²) >= 11 is 0. The number of ether oxygens (including phenoxy) is 2. The predicted octanol–water partition coefficient (Wildman–Crippen LogP) is 3.72. The van der Waals surface area contributed by atoms with Crippen molar-refractivity contribution in [3.8, 4) is 0 Å². The van der Waals surface area contributed by atoms with Crippen molar-refractivity contribution in [1.82, 2.24) is 14.9 Å². The van der Waals surface area contributed by atoms with Gasteiger partial charge in [0.15, 0.2) is 0 Å². The summed E-state index contributed by atoms with van der Waals surface area (Å²) in [7, 11) is 0. The maximum absolute atomic E-state index is 12.7. The Bertz CT molecular complexity index is 1100. The smallest absolute Gasteiger partial charge is 0.475 e. The van der Waals surface area contributed by atoms with Crippen LogP contribution >= 0.6 is 0 Å². The third-order valence-corrected chi connectivity index (χ3v) is 5.58. The Morgan fingerprint density at radius 2 is 1.68 bits per heavy atom. The van der Waals surface area contributed by atoms with Crippen LogP contribution in [-0.2, 0) is 25.7 Å². The van der Waals surface area contributed by atoms with Gasteiger partial charge < -0.3 is 24.6 Å². The van der Waals surface area contributed by atoms with E-state index in [4.69, 9.17) is 29.3 Å².